The van der Waals surface area contributed by atoms with Crippen LogP contribution < -0.4 is 4.74 Å². The van der Waals surface area contributed by atoms with Crippen molar-refractivity contribution in [3.8, 4) is 5.75 Å². The molecule has 1 aromatic rings. The van der Waals surface area contributed by atoms with Crippen molar-refractivity contribution in [1.82, 2.24) is 4.90 Å². The Balaban J connectivity index is 1.85. The standard InChI is InChI=1S/C13H16FNO3/c1-9(2)15-7-12(18-13(15)16)8-17-11-5-3-10(14)4-6-11/h3-6,9,12H,7-8H2,1-2H3/t12-/m1/s1. The Morgan fingerprint density at radius 2 is 2.11 bits per heavy atom. The molecule has 1 saturated heterocycles. The summed E-state index contributed by atoms with van der Waals surface area (Å²) in [5, 5.41) is 0. The lowest BCUT2D eigenvalue weighted by molar-refractivity contribution is 0.102. The van der Waals surface area contributed by atoms with Gasteiger partial charge in [-0.2, -0.15) is 0 Å². The van der Waals surface area contributed by atoms with Gasteiger partial charge in [0.1, 0.15) is 18.2 Å². The van der Waals surface area contributed by atoms with Crippen LogP contribution in [-0.2, 0) is 4.74 Å². The first-order chi connectivity index (χ1) is 8.56. The molecule has 0 spiro atoms. The molecule has 0 unspecified atom stereocenters. The molecule has 0 aliphatic carbocycles. The number of carbonyl (C=O) groups excluding carboxylic acids is 1. The van der Waals surface area contributed by atoms with E-state index in [9.17, 15) is 9.18 Å². The molecule has 0 aromatic heterocycles. The van der Waals surface area contributed by atoms with Crippen molar-refractivity contribution < 1.29 is 18.7 Å². The molecule has 1 fully saturated rings. The fourth-order valence-corrected chi connectivity index (χ4v) is 1.77. The maximum absolute atomic E-state index is 12.7. The number of benzene rings is 1. The van der Waals surface area contributed by atoms with Gasteiger partial charge in [-0.1, -0.05) is 0 Å². The average Bonchev–Trinajstić information content (AvgIpc) is 2.70. The molecule has 0 bridgehead atoms. The number of hydrogen-bond donors (Lipinski definition) is 0. The molecule has 1 aliphatic heterocycles. The van der Waals surface area contributed by atoms with Gasteiger partial charge in [-0.3, -0.25) is 0 Å². The highest BCUT2D eigenvalue weighted by Crippen LogP contribution is 2.17. The Bertz CT molecular complexity index is 419. The molecular weight excluding hydrogens is 237 g/mol. The van der Waals surface area contributed by atoms with Crippen LogP contribution >= 0.6 is 0 Å². The minimum absolute atomic E-state index is 0.119. The predicted molar refractivity (Wildman–Crippen MR) is 64.0 cm³/mol. The topological polar surface area (TPSA) is 38.8 Å². The Kier molecular flexibility index (Phi) is 3.69. The first-order valence-corrected chi connectivity index (χ1v) is 5.92. The summed E-state index contributed by atoms with van der Waals surface area (Å²) in [6, 6.07) is 5.87. The summed E-state index contributed by atoms with van der Waals surface area (Å²) < 4.78 is 23.3. The third-order valence-electron chi connectivity index (χ3n) is 2.78. The third-order valence-corrected chi connectivity index (χ3v) is 2.78. The average molecular weight is 253 g/mol. The van der Waals surface area contributed by atoms with Gasteiger partial charge in [0.2, 0.25) is 0 Å². The van der Waals surface area contributed by atoms with Crippen molar-refractivity contribution in [3.05, 3.63) is 30.1 Å². The van der Waals surface area contributed by atoms with E-state index in [-0.39, 0.29) is 30.7 Å². The molecule has 0 radical (unpaired) electrons. The summed E-state index contributed by atoms with van der Waals surface area (Å²) in [6.07, 6.45) is -0.581. The van der Waals surface area contributed by atoms with E-state index in [1.165, 1.54) is 12.1 Å². The van der Waals surface area contributed by atoms with E-state index in [2.05, 4.69) is 0 Å². The SMILES string of the molecule is CC(C)N1C[C@H](COc2ccc(F)cc2)OC1=O. The van der Waals surface area contributed by atoms with E-state index in [1.54, 1.807) is 17.0 Å². The zero-order valence-corrected chi connectivity index (χ0v) is 10.4. The van der Waals surface area contributed by atoms with E-state index in [0.717, 1.165) is 0 Å². The summed E-state index contributed by atoms with van der Waals surface area (Å²) in [5.41, 5.74) is 0. The van der Waals surface area contributed by atoms with Gasteiger partial charge in [0.15, 0.2) is 6.10 Å². The fourth-order valence-electron chi connectivity index (χ4n) is 1.77. The number of halogens is 1. The van der Waals surface area contributed by atoms with Crippen LogP contribution in [-0.4, -0.2) is 36.3 Å². The predicted octanol–water partition coefficient (Wildman–Crippen LogP) is 2.43. The molecule has 2 rings (SSSR count). The lowest BCUT2D eigenvalue weighted by Crippen LogP contribution is -2.32. The summed E-state index contributed by atoms with van der Waals surface area (Å²) >= 11 is 0. The van der Waals surface area contributed by atoms with Crippen LogP contribution in [0.4, 0.5) is 9.18 Å². The van der Waals surface area contributed by atoms with Crippen molar-refractivity contribution in [1.29, 1.82) is 0 Å². The maximum atomic E-state index is 12.7. The van der Waals surface area contributed by atoms with Gasteiger partial charge >= 0.3 is 6.09 Å². The molecule has 1 aromatic carbocycles. The van der Waals surface area contributed by atoms with Crippen LogP contribution in [0.2, 0.25) is 0 Å². The van der Waals surface area contributed by atoms with Gasteiger partial charge in [-0.15, -0.1) is 0 Å². The number of amides is 1. The molecule has 1 amide bonds. The number of ether oxygens (including phenoxy) is 2. The molecule has 0 saturated carbocycles. The van der Waals surface area contributed by atoms with Gasteiger partial charge in [0.05, 0.1) is 6.54 Å². The van der Waals surface area contributed by atoms with E-state index in [1.807, 2.05) is 13.8 Å². The first kappa shape index (κ1) is 12.7. The van der Waals surface area contributed by atoms with E-state index in [4.69, 9.17) is 9.47 Å². The highest BCUT2D eigenvalue weighted by atomic mass is 19.1. The summed E-state index contributed by atoms with van der Waals surface area (Å²) in [5.74, 6) is 0.260. The molecule has 5 heteroatoms. The minimum Gasteiger partial charge on any atom is -0.490 e. The highest BCUT2D eigenvalue weighted by molar-refractivity contribution is 5.70. The second kappa shape index (κ2) is 5.25. The first-order valence-electron chi connectivity index (χ1n) is 5.92. The van der Waals surface area contributed by atoms with Crippen LogP contribution in [0.25, 0.3) is 0 Å². The number of carbonyl (C=O) groups is 1. The van der Waals surface area contributed by atoms with Crippen molar-refractivity contribution in [3.63, 3.8) is 0 Å². The molecule has 0 N–H and O–H groups in total. The molecule has 1 aliphatic rings. The fraction of sp³-hybridized carbons (Fsp3) is 0.462. The van der Waals surface area contributed by atoms with Crippen molar-refractivity contribution >= 4 is 6.09 Å². The van der Waals surface area contributed by atoms with Crippen LogP contribution in [0.3, 0.4) is 0 Å². The highest BCUT2D eigenvalue weighted by Gasteiger charge is 2.33. The monoisotopic (exact) mass is 253 g/mol. The summed E-state index contributed by atoms with van der Waals surface area (Å²) in [7, 11) is 0. The number of cyclic esters (lactones) is 1. The number of hydrogen-bond acceptors (Lipinski definition) is 3. The van der Waals surface area contributed by atoms with Crippen molar-refractivity contribution in [2.75, 3.05) is 13.2 Å². The van der Waals surface area contributed by atoms with Gasteiger partial charge in [0.25, 0.3) is 0 Å². The van der Waals surface area contributed by atoms with Crippen LogP contribution in [0.1, 0.15) is 13.8 Å². The van der Waals surface area contributed by atoms with Gasteiger partial charge in [0, 0.05) is 6.04 Å². The Hall–Kier alpha value is -1.78. The van der Waals surface area contributed by atoms with Crippen molar-refractivity contribution in [2.24, 2.45) is 0 Å². The minimum atomic E-state index is -0.308. The van der Waals surface area contributed by atoms with E-state index in [0.29, 0.717) is 12.3 Å². The smallest absolute Gasteiger partial charge is 0.410 e. The molecule has 18 heavy (non-hydrogen) atoms. The summed E-state index contributed by atoms with van der Waals surface area (Å²) in [4.78, 5) is 13.1. The number of nitrogens with zero attached hydrogens (tertiary/aromatic N) is 1. The van der Waals surface area contributed by atoms with Gasteiger partial charge < -0.3 is 14.4 Å². The van der Waals surface area contributed by atoms with E-state index < -0.39 is 0 Å². The maximum Gasteiger partial charge on any atom is 0.410 e. The normalized spacial score (nSPS) is 19.2. The third kappa shape index (κ3) is 2.91. The van der Waals surface area contributed by atoms with Crippen LogP contribution in [0.5, 0.6) is 5.75 Å². The number of rotatable bonds is 4. The van der Waals surface area contributed by atoms with Crippen LogP contribution in [0.15, 0.2) is 24.3 Å². The largest absolute Gasteiger partial charge is 0.490 e. The molecule has 1 atom stereocenters. The quantitative estimate of drug-likeness (QED) is 0.827. The van der Waals surface area contributed by atoms with Crippen LogP contribution in [0, 0.1) is 5.82 Å². The lowest BCUT2D eigenvalue weighted by atomic mass is 10.3. The zero-order chi connectivity index (χ0) is 13.1. The Morgan fingerprint density at radius 3 is 2.67 bits per heavy atom. The Morgan fingerprint density at radius 1 is 1.44 bits per heavy atom. The van der Waals surface area contributed by atoms with E-state index >= 15 is 0 Å². The second-order valence-corrected chi connectivity index (χ2v) is 4.52. The zero-order valence-electron chi connectivity index (χ0n) is 10.4. The Labute approximate surface area is 105 Å². The van der Waals surface area contributed by atoms with Gasteiger partial charge in [-0.25, -0.2) is 9.18 Å². The molecule has 1 heterocycles. The molecule has 4 nitrogen and oxygen atoms in total. The second-order valence-electron chi connectivity index (χ2n) is 4.52. The summed E-state index contributed by atoms with van der Waals surface area (Å²) in [6.45, 7) is 4.67. The molecule has 98 valence electrons. The van der Waals surface area contributed by atoms with Crippen molar-refractivity contribution in [2.45, 2.75) is 26.0 Å². The van der Waals surface area contributed by atoms with Gasteiger partial charge in [-0.05, 0) is 38.1 Å². The molecular formula is C13H16FNO3. The lowest BCUT2D eigenvalue weighted by Gasteiger charge is -2.16.